The summed E-state index contributed by atoms with van der Waals surface area (Å²) in [4.78, 5) is 15.8. The van der Waals surface area contributed by atoms with Crippen LogP contribution in [0.25, 0.3) is 6.08 Å². The molecule has 0 radical (unpaired) electrons. The summed E-state index contributed by atoms with van der Waals surface area (Å²) in [7, 11) is 0. The van der Waals surface area contributed by atoms with Crippen LogP contribution in [0.1, 0.15) is 65.7 Å². The van der Waals surface area contributed by atoms with Crippen molar-refractivity contribution in [2.24, 2.45) is 5.84 Å². The topological polar surface area (TPSA) is 82.6 Å². The van der Waals surface area contributed by atoms with Gasteiger partial charge in [-0.25, -0.2) is 5.84 Å². The second kappa shape index (κ2) is 9.20. The number of carbonyl (C=O) groups excluding carboxylic acids is 1. The lowest BCUT2D eigenvalue weighted by Gasteiger charge is -2.45. The number of hydrogen-bond donors (Lipinski definition) is 1. The van der Waals surface area contributed by atoms with Gasteiger partial charge in [-0.05, 0) is 74.6 Å². The number of allylic oxidation sites excluding steroid dienone is 1. The SMILES string of the molecule is CCN(CC)c1ccc2c(c1)OC1=C(CCC/C1=C\c1ccc(C#N)cc1)C21c2ccccc2C(=O)N1N. The number of hydrazine groups is 1. The minimum absolute atomic E-state index is 0.184. The third-order valence-electron chi connectivity index (χ3n) is 8.08. The highest BCUT2D eigenvalue weighted by Crippen LogP contribution is 2.57. The molecule has 2 heterocycles. The van der Waals surface area contributed by atoms with Gasteiger partial charge in [0.1, 0.15) is 17.0 Å². The maximum atomic E-state index is 13.5. The van der Waals surface area contributed by atoms with Gasteiger partial charge in [0.05, 0.1) is 11.6 Å². The van der Waals surface area contributed by atoms with Crippen molar-refractivity contribution in [2.75, 3.05) is 18.0 Å². The molecule has 190 valence electrons. The molecule has 3 aromatic carbocycles. The first-order valence-corrected chi connectivity index (χ1v) is 13.2. The van der Waals surface area contributed by atoms with E-state index >= 15 is 0 Å². The van der Waals surface area contributed by atoms with Crippen molar-refractivity contribution in [1.29, 1.82) is 5.26 Å². The van der Waals surface area contributed by atoms with Gasteiger partial charge in [0.2, 0.25) is 0 Å². The Morgan fingerprint density at radius 3 is 2.55 bits per heavy atom. The van der Waals surface area contributed by atoms with E-state index in [1.54, 1.807) is 0 Å². The Kier molecular flexibility index (Phi) is 5.81. The smallest absolute Gasteiger partial charge is 0.269 e. The van der Waals surface area contributed by atoms with Crippen molar-refractivity contribution in [1.82, 2.24) is 5.01 Å². The van der Waals surface area contributed by atoms with Crippen LogP contribution in [0.4, 0.5) is 5.69 Å². The molecule has 3 aromatic rings. The molecule has 0 bridgehead atoms. The average Bonchev–Trinajstić information content (AvgIpc) is 3.17. The van der Waals surface area contributed by atoms with Crippen LogP contribution in [0.5, 0.6) is 5.75 Å². The number of nitrogens with zero attached hydrogens (tertiary/aromatic N) is 3. The quantitative estimate of drug-likeness (QED) is 0.355. The van der Waals surface area contributed by atoms with Gasteiger partial charge in [-0.15, -0.1) is 0 Å². The molecule has 0 saturated heterocycles. The van der Waals surface area contributed by atoms with Gasteiger partial charge >= 0.3 is 0 Å². The molecular weight excluding hydrogens is 472 g/mol. The fourth-order valence-corrected chi connectivity index (χ4v) is 6.27. The van der Waals surface area contributed by atoms with E-state index in [9.17, 15) is 10.1 Å². The largest absolute Gasteiger partial charge is 0.457 e. The fourth-order valence-electron chi connectivity index (χ4n) is 6.27. The number of hydrogen-bond acceptors (Lipinski definition) is 5. The van der Waals surface area contributed by atoms with Crippen LogP contribution >= 0.6 is 0 Å². The summed E-state index contributed by atoms with van der Waals surface area (Å²) in [6.07, 6.45) is 4.67. The van der Waals surface area contributed by atoms with Crippen molar-refractivity contribution in [3.63, 3.8) is 0 Å². The number of rotatable bonds is 4. The zero-order valence-corrected chi connectivity index (χ0v) is 21.7. The monoisotopic (exact) mass is 502 g/mol. The molecule has 1 atom stereocenters. The molecule has 38 heavy (non-hydrogen) atoms. The first-order chi connectivity index (χ1) is 18.5. The van der Waals surface area contributed by atoms with Gasteiger partial charge in [-0.1, -0.05) is 36.4 Å². The van der Waals surface area contributed by atoms with Crippen LogP contribution in [0.2, 0.25) is 0 Å². The van der Waals surface area contributed by atoms with Gasteiger partial charge in [-0.2, -0.15) is 5.26 Å². The molecule has 1 spiro atoms. The van der Waals surface area contributed by atoms with E-state index < -0.39 is 5.54 Å². The first-order valence-electron chi connectivity index (χ1n) is 13.2. The zero-order valence-electron chi connectivity index (χ0n) is 21.7. The molecule has 6 nitrogen and oxygen atoms in total. The molecule has 2 aliphatic heterocycles. The molecule has 1 unspecified atom stereocenters. The van der Waals surface area contributed by atoms with Crippen LogP contribution in [0, 0.1) is 11.3 Å². The molecule has 3 aliphatic rings. The highest BCUT2D eigenvalue weighted by atomic mass is 16.5. The Morgan fingerprint density at radius 1 is 1.05 bits per heavy atom. The Labute approximate surface area is 223 Å². The minimum Gasteiger partial charge on any atom is -0.457 e. The summed E-state index contributed by atoms with van der Waals surface area (Å²) in [6.45, 7) is 6.03. The molecule has 1 aliphatic carbocycles. The third kappa shape index (κ3) is 3.39. The van der Waals surface area contributed by atoms with E-state index in [0.717, 1.165) is 77.4 Å². The lowest BCUT2D eigenvalue weighted by atomic mass is 9.70. The molecule has 1 amide bonds. The van der Waals surface area contributed by atoms with Gasteiger partial charge in [0.25, 0.3) is 5.91 Å². The summed E-state index contributed by atoms with van der Waals surface area (Å²) in [6, 6.07) is 23.8. The number of fused-ring (bicyclic) bond motifs is 5. The predicted octanol–water partition coefficient (Wildman–Crippen LogP) is 5.89. The van der Waals surface area contributed by atoms with Crippen LogP contribution in [-0.4, -0.2) is 24.0 Å². The summed E-state index contributed by atoms with van der Waals surface area (Å²) in [5.74, 6) is 8.11. The summed E-state index contributed by atoms with van der Waals surface area (Å²) < 4.78 is 6.77. The van der Waals surface area contributed by atoms with E-state index in [1.807, 2.05) is 48.5 Å². The average molecular weight is 503 g/mol. The maximum Gasteiger partial charge on any atom is 0.269 e. The Bertz CT molecular complexity index is 1540. The second-order valence-corrected chi connectivity index (χ2v) is 9.95. The normalized spacial score (nSPS) is 20.6. The highest BCUT2D eigenvalue weighted by molar-refractivity contribution is 6.01. The van der Waals surface area contributed by atoms with Crippen LogP contribution in [-0.2, 0) is 5.54 Å². The Morgan fingerprint density at radius 2 is 1.82 bits per heavy atom. The van der Waals surface area contributed by atoms with Gasteiger partial charge in [-0.3, -0.25) is 9.80 Å². The predicted molar refractivity (Wildman–Crippen MR) is 148 cm³/mol. The van der Waals surface area contributed by atoms with E-state index in [0.29, 0.717) is 11.1 Å². The summed E-state index contributed by atoms with van der Waals surface area (Å²) >= 11 is 0. The Balaban J connectivity index is 1.61. The highest BCUT2D eigenvalue weighted by Gasteiger charge is 2.57. The van der Waals surface area contributed by atoms with E-state index in [-0.39, 0.29) is 5.91 Å². The number of amides is 1. The molecule has 6 rings (SSSR count). The van der Waals surface area contributed by atoms with Crippen LogP contribution < -0.4 is 15.5 Å². The molecule has 0 saturated carbocycles. The van der Waals surface area contributed by atoms with Gasteiger partial charge in [0.15, 0.2) is 0 Å². The number of anilines is 1. The van der Waals surface area contributed by atoms with E-state index in [4.69, 9.17) is 10.6 Å². The molecule has 2 N–H and O–H groups in total. The number of ether oxygens (including phenoxy) is 1. The first kappa shape index (κ1) is 24.0. The Hall–Kier alpha value is -4.34. The van der Waals surface area contributed by atoms with E-state index in [1.165, 1.54) is 5.01 Å². The second-order valence-electron chi connectivity index (χ2n) is 9.95. The van der Waals surface area contributed by atoms with Crippen molar-refractivity contribution < 1.29 is 9.53 Å². The summed E-state index contributed by atoms with van der Waals surface area (Å²) in [5.41, 5.74) is 6.29. The van der Waals surface area contributed by atoms with Gasteiger partial charge < -0.3 is 9.64 Å². The van der Waals surface area contributed by atoms with Crippen LogP contribution in [0.15, 0.2) is 83.6 Å². The van der Waals surface area contributed by atoms with Gasteiger partial charge in [0, 0.05) is 47.1 Å². The number of nitriles is 1. The number of nitrogens with two attached hydrogens (primary N) is 1. The maximum absolute atomic E-state index is 13.5. The summed E-state index contributed by atoms with van der Waals surface area (Å²) in [5, 5.41) is 10.6. The molecule has 0 aromatic heterocycles. The third-order valence-corrected chi connectivity index (χ3v) is 8.08. The lowest BCUT2D eigenvalue weighted by Crippen LogP contribution is -2.52. The fraction of sp³-hybridized carbons (Fsp3) is 0.250. The van der Waals surface area contributed by atoms with Crippen molar-refractivity contribution in [2.45, 2.75) is 38.6 Å². The standard InChI is InChI=1S/C32H30N4O2/c1-3-35(4-2)24-16-17-27-29(19-24)38-30-23(18-21-12-14-22(20-33)15-13-21)8-7-11-28(30)32(27)26-10-6-5-9-25(26)31(37)36(32)34/h5-6,9-10,12-19H,3-4,7-8,11,34H2,1-2H3/b23-18+. The van der Waals surface area contributed by atoms with Crippen molar-refractivity contribution in [3.05, 3.63) is 111 Å². The number of carbonyl (C=O) groups is 1. The van der Waals surface area contributed by atoms with Crippen molar-refractivity contribution in [3.8, 4) is 11.8 Å². The minimum atomic E-state index is -0.928. The van der Waals surface area contributed by atoms with Crippen LogP contribution in [0.3, 0.4) is 0 Å². The molecular formula is C32H30N4O2. The molecule has 6 heteroatoms. The van der Waals surface area contributed by atoms with Crippen molar-refractivity contribution >= 4 is 17.7 Å². The lowest BCUT2D eigenvalue weighted by molar-refractivity contribution is 0.0648. The van der Waals surface area contributed by atoms with E-state index in [2.05, 4.69) is 49.1 Å². The molecule has 0 fully saturated rings. The number of benzene rings is 3. The zero-order chi connectivity index (χ0) is 26.4.